The van der Waals surface area contributed by atoms with Gasteiger partial charge in [-0.25, -0.2) is 0 Å². The van der Waals surface area contributed by atoms with Gasteiger partial charge < -0.3 is 9.80 Å². The Labute approximate surface area is 296 Å². The molecule has 49 heavy (non-hydrogen) atoms. The number of anilines is 4. The summed E-state index contributed by atoms with van der Waals surface area (Å²) in [5.74, 6) is 0.742. The van der Waals surface area contributed by atoms with Crippen molar-refractivity contribution in [3.8, 4) is 0 Å². The monoisotopic (exact) mass is 646 g/mol. The van der Waals surface area contributed by atoms with Gasteiger partial charge in [-0.2, -0.15) is 0 Å². The third-order valence-corrected chi connectivity index (χ3v) is 10.8. The lowest BCUT2D eigenvalue weighted by molar-refractivity contribution is 0.346. The number of nitrogens with zero attached hydrogens (tertiary/aromatic N) is 2. The fourth-order valence-electron chi connectivity index (χ4n) is 7.69. The molecule has 0 unspecified atom stereocenters. The molecule has 4 aromatic rings. The molecule has 0 spiro atoms. The molecule has 1 atom stereocenters. The second-order valence-electron chi connectivity index (χ2n) is 14.5. The molecule has 6 rings (SSSR count). The largest absolute Gasteiger partial charge is 0.315 e. The minimum absolute atomic E-state index is 0.0705. The van der Waals surface area contributed by atoms with Crippen LogP contribution in [0.15, 0.2) is 145 Å². The first-order valence-electron chi connectivity index (χ1n) is 18.4. The van der Waals surface area contributed by atoms with Crippen molar-refractivity contribution in [1.29, 1.82) is 0 Å². The highest BCUT2D eigenvalue weighted by molar-refractivity contribution is 5.77. The van der Waals surface area contributed by atoms with Crippen molar-refractivity contribution in [3.05, 3.63) is 167 Å². The van der Waals surface area contributed by atoms with Crippen molar-refractivity contribution < 1.29 is 0 Å². The molecule has 0 aliphatic heterocycles. The molecule has 0 saturated heterocycles. The Hall–Kier alpha value is -4.56. The Bertz CT molecular complexity index is 1750. The van der Waals surface area contributed by atoms with Crippen LogP contribution in [-0.4, -0.2) is 0 Å². The van der Waals surface area contributed by atoms with E-state index >= 15 is 0 Å². The van der Waals surface area contributed by atoms with E-state index in [2.05, 4.69) is 166 Å². The minimum atomic E-state index is -0.0705. The van der Waals surface area contributed by atoms with Crippen LogP contribution in [0.3, 0.4) is 0 Å². The fourth-order valence-corrected chi connectivity index (χ4v) is 7.69. The average molecular weight is 647 g/mol. The van der Waals surface area contributed by atoms with E-state index in [-0.39, 0.29) is 5.41 Å². The molecular formula is C47H54N2. The van der Waals surface area contributed by atoms with Gasteiger partial charge in [0.1, 0.15) is 0 Å². The lowest BCUT2D eigenvalue weighted by Gasteiger charge is -2.39. The Kier molecular flexibility index (Phi) is 10.7. The summed E-state index contributed by atoms with van der Waals surface area (Å²) in [5.41, 5.74) is 13.7. The topological polar surface area (TPSA) is 6.48 Å². The molecule has 2 heteroatoms. The minimum Gasteiger partial charge on any atom is -0.315 e. The van der Waals surface area contributed by atoms with E-state index in [1.807, 2.05) is 0 Å². The lowest BCUT2D eigenvalue weighted by Crippen LogP contribution is -2.30. The smallest absolute Gasteiger partial charge is 0.0461 e. The molecule has 2 aliphatic rings. The SMILES string of the molecule is C=C(/C=C\C(=C/C)N(C1=CC[C@@H](C)CC1)c1ccc(C)cc1)C1(c2ccc(N(c3ccc(C)cc3)c3ccc(C)cc3)cc2)CCCCC1. The van der Waals surface area contributed by atoms with Gasteiger partial charge >= 0.3 is 0 Å². The van der Waals surface area contributed by atoms with Gasteiger partial charge in [-0.15, -0.1) is 0 Å². The van der Waals surface area contributed by atoms with Crippen LogP contribution < -0.4 is 9.80 Å². The molecule has 1 saturated carbocycles. The summed E-state index contributed by atoms with van der Waals surface area (Å²) in [7, 11) is 0. The molecule has 0 amide bonds. The van der Waals surface area contributed by atoms with E-state index in [0.29, 0.717) is 0 Å². The van der Waals surface area contributed by atoms with Crippen LogP contribution in [0.25, 0.3) is 0 Å². The van der Waals surface area contributed by atoms with Crippen molar-refractivity contribution in [2.24, 2.45) is 5.92 Å². The Balaban J connectivity index is 1.32. The van der Waals surface area contributed by atoms with Gasteiger partial charge in [0.05, 0.1) is 0 Å². The van der Waals surface area contributed by atoms with E-state index in [0.717, 1.165) is 31.6 Å². The van der Waals surface area contributed by atoms with Gasteiger partial charge in [0.15, 0.2) is 0 Å². The van der Waals surface area contributed by atoms with Crippen LogP contribution in [-0.2, 0) is 5.41 Å². The molecule has 4 aromatic carbocycles. The molecule has 0 bridgehead atoms. The maximum Gasteiger partial charge on any atom is 0.0461 e. The van der Waals surface area contributed by atoms with E-state index in [1.165, 1.54) is 87.7 Å². The van der Waals surface area contributed by atoms with Crippen molar-refractivity contribution in [3.63, 3.8) is 0 Å². The summed E-state index contributed by atoms with van der Waals surface area (Å²) in [5, 5.41) is 0. The average Bonchev–Trinajstić information content (AvgIpc) is 3.13. The molecule has 2 nitrogen and oxygen atoms in total. The molecule has 0 N–H and O–H groups in total. The van der Waals surface area contributed by atoms with Gasteiger partial charge in [-0.3, -0.25) is 0 Å². The van der Waals surface area contributed by atoms with Gasteiger partial charge in [-0.1, -0.05) is 116 Å². The van der Waals surface area contributed by atoms with E-state index in [4.69, 9.17) is 6.58 Å². The number of rotatable bonds is 10. The van der Waals surface area contributed by atoms with Gasteiger partial charge in [0.2, 0.25) is 0 Å². The Morgan fingerprint density at radius 1 is 0.673 bits per heavy atom. The first kappa shape index (κ1) is 34.3. The highest BCUT2D eigenvalue weighted by Crippen LogP contribution is 2.46. The molecule has 2 aliphatic carbocycles. The lowest BCUT2D eigenvalue weighted by atomic mass is 9.65. The zero-order chi connectivity index (χ0) is 34.4. The quantitative estimate of drug-likeness (QED) is 0.158. The number of benzene rings is 4. The summed E-state index contributed by atoms with van der Waals surface area (Å²) in [6.45, 7) is 15.8. The van der Waals surface area contributed by atoms with Crippen molar-refractivity contribution >= 4 is 22.7 Å². The first-order valence-corrected chi connectivity index (χ1v) is 18.4. The van der Waals surface area contributed by atoms with Crippen LogP contribution in [0.5, 0.6) is 0 Å². The molecule has 0 radical (unpaired) electrons. The predicted molar refractivity (Wildman–Crippen MR) is 212 cm³/mol. The molecule has 1 fully saturated rings. The van der Waals surface area contributed by atoms with Crippen LogP contribution in [0.1, 0.15) is 87.5 Å². The normalized spacial score (nSPS) is 17.9. The predicted octanol–water partition coefficient (Wildman–Crippen LogP) is 13.5. The van der Waals surface area contributed by atoms with Crippen LogP contribution in [0, 0.1) is 26.7 Å². The highest BCUT2D eigenvalue weighted by atomic mass is 15.2. The summed E-state index contributed by atoms with van der Waals surface area (Å²) in [4.78, 5) is 4.84. The van der Waals surface area contributed by atoms with E-state index in [9.17, 15) is 0 Å². The molecule has 0 heterocycles. The van der Waals surface area contributed by atoms with Crippen molar-refractivity contribution in [1.82, 2.24) is 0 Å². The van der Waals surface area contributed by atoms with E-state index < -0.39 is 0 Å². The zero-order valence-electron chi connectivity index (χ0n) is 30.4. The molecule has 252 valence electrons. The second-order valence-corrected chi connectivity index (χ2v) is 14.5. The Morgan fingerprint density at radius 2 is 1.16 bits per heavy atom. The van der Waals surface area contributed by atoms with Gasteiger partial charge in [-0.05, 0) is 131 Å². The fraction of sp³-hybridized carbons (Fsp3) is 0.319. The van der Waals surface area contributed by atoms with Gasteiger partial charge in [0.25, 0.3) is 0 Å². The summed E-state index contributed by atoms with van der Waals surface area (Å²) in [6, 6.07) is 36.0. The summed E-state index contributed by atoms with van der Waals surface area (Å²) >= 11 is 0. The number of hydrogen-bond acceptors (Lipinski definition) is 2. The third kappa shape index (κ3) is 7.70. The Morgan fingerprint density at radius 3 is 1.63 bits per heavy atom. The number of hydrogen-bond donors (Lipinski definition) is 0. The van der Waals surface area contributed by atoms with Crippen LogP contribution >= 0.6 is 0 Å². The summed E-state index contributed by atoms with van der Waals surface area (Å²) in [6.07, 6.45) is 18.8. The van der Waals surface area contributed by atoms with Gasteiger partial charge in [0, 0.05) is 39.6 Å². The van der Waals surface area contributed by atoms with Crippen molar-refractivity contribution in [2.45, 2.75) is 91.4 Å². The number of allylic oxidation sites excluding steroid dienone is 6. The molecule has 0 aromatic heterocycles. The first-order chi connectivity index (χ1) is 23.8. The summed E-state index contributed by atoms with van der Waals surface area (Å²) < 4.78 is 0. The van der Waals surface area contributed by atoms with Crippen LogP contribution in [0.4, 0.5) is 22.7 Å². The third-order valence-electron chi connectivity index (χ3n) is 10.8. The van der Waals surface area contributed by atoms with E-state index in [1.54, 1.807) is 0 Å². The van der Waals surface area contributed by atoms with Crippen molar-refractivity contribution in [2.75, 3.05) is 9.80 Å². The number of aryl methyl sites for hydroxylation is 3. The van der Waals surface area contributed by atoms with Crippen LogP contribution in [0.2, 0.25) is 0 Å². The highest BCUT2D eigenvalue weighted by Gasteiger charge is 2.36. The zero-order valence-corrected chi connectivity index (χ0v) is 30.4. The standard InChI is InChI=1S/C47H54N2/c1-7-41(48(42-22-11-35(2)12-23-42)43-24-13-36(3)14-25-43)30-19-39(6)47(33-9-8-10-34-47)40-20-31-46(32-21-40)49(44-26-15-37(4)16-27-44)45-28-17-38(5)18-29-45/h7,11-12,15-24,26-32,36H,6,8-10,13-14,25,33-34H2,1-5H3/b30-19-,41-7+/t36-/m1/s1. The second kappa shape index (κ2) is 15.3. The maximum absolute atomic E-state index is 4.81. The molecular weight excluding hydrogens is 593 g/mol. The maximum atomic E-state index is 4.81.